The van der Waals surface area contributed by atoms with E-state index in [0.29, 0.717) is 12.1 Å². The minimum atomic E-state index is -3.55. The first-order valence-electron chi connectivity index (χ1n) is 7.70. The number of carbonyl (C=O) groups is 1. The largest absolute Gasteiger partial charge is 0.383 e. The van der Waals surface area contributed by atoms with Gasteiger partial charge in [-0.15, -0.1) is 0 Å². The minimum Gasteiger partial charge on any atom is -0.383 e. The van der Waals surface area contributed by atoms with Crippen LogP contribution in [0.25, 0.3) is 0 Å². The van der Waals surface area contributed by atoms with E-state index in [1.54, 1.807) is 41.3 Å². The molecule has 25 heavy (non-hydrogen) atoms. The summed E-state index contributed by atoms with van der Waals surface area (Å²) in [7, 11) is -3.55. The smallest absolute Gasteiger partial charge is 0.306 e. The molecule has 0 aromatic heterocycles. The van der Waals surface area contributed by atoms with E-state index >= 15 is 0 Å². The molecule has 5 nitrogen and oxygen atoms in total. The zero-order valence-corrected chi connectivity index (χ0v) is 16.7. The number of benzene rings is 2. The van der Waals surface area contributed by atoms with Crippen molar-refractivity contribution in [2.75, 3.05) is 6.26 Å². The number of hydrogen-bond donors (Lipinski definition) is 0. The predicted molar refractivity (Wildman–Crippen MR) is 101 cm³/mol. The van der Waals surface area contributed by atoms with Gasteiger partial charge in [-0.3, -0.25) is 4.79 Å². The summed E-state index contributed by atoms with van der Waals surface area (Å²) in [5, 5.41) is 0. The molecule has 0 aliphatic carbocycles. The van der Waals surface area contributed by atoms with Gasteiger partial charge in [-0.05, 0) is 55.8 Å². The maximum atomic E-state index is 12.8. The molecule has 0 aliphatic rings. The number of nitrogens with zero attached hydrogens (tertiary/aromatic N) is 1. The molecule has 0 atom stereocenters. The molecular weight excluding hydrogens is 406 g/mol. The van der Waals surface area contributed by atoms with Gasteiger partial charge in [0.25, 0.3) is 5.91 Å². The summed E-state index contributed by atoms with van der Waals surface area (Å²) < 4.78 is 28.0. The van der Waals surface area contributed by atoms with Gasteiger partial charge in [0, 0.05) is 22.6 Å². The maximum Gasteiger partial charge on any atom is 0.306 e. The van der Waals surface area contributed by atoms with Gasteiger partial charge in [-0.1, -0.05) is 28.1 Å². The molecule has 0 bridgehead atoms. The highest BCUT2D eigenvalue weighted by Crippen LogP contribution is 2.19. The third-order valence-corrected chi connectivity index (χ3v) is 4.52. The molecule has 2 rings (SSSR count). The molecule has 0 fully saturated rings. The minimum absolute atomic E-state index is 0.0168. The van der Waals surface area contributed by atoms with E-state index in [4.69, 9.17) is 4.18 Å². The van der Waals surface area contributed by atoms with Gasteiger partial charge in [-0.2, -0.15) is 8.42 Å². The molecule has 0 heterocycles. The number of carbonyl (C=O) groups excluding carboxylic acids is 1. The lowest BCUT2D eigenvalue weighted by atomic mass is 10.1. The van der Waals surface area contributed by atoms with Crippen LogP contribution < -0.4 is 4.18 Å². The summed E-state index contributed by atoms with van der Waals surface area (Å²) in [4.78, 5) is 14.5. The van der Waals surface area contributed by atoms with Crippen molar-refractivity contribution in [1.29, 1.82) is 0 Å². The van der Waals surface area contributed by atoms with E-state index in [-0.39, 0.29) is 17.7 Å². The zero-order valence-electron chi connectivity index (χ0n) is 14.3. The van der Waals surface area contributed by atoms with Crippen molar-refractivity contribution in [2.24, 2.45) is 0 Å². The molecule has 0 saturated carbocycles. The normalized spacial score (nSPS) is 11.4. The van der Waals surface area contributed by atoms with Crippen LogP contribution in [0.1, 0.15) is 29.8 Å². The van der Waals surface area contributed by atoms with Crippen molar-refractivity contribution in [1.82, 2.24) is 4.90 Å². The summed E-state index contributed by atoms with van der Waals surface area (Å²) >= 11 is 3.36. The van der Waals surface area contributed by atoms with Crippen LogP contribution in [0.4, 0.5) is 0 Å². The average molecular weight is 426 g/mol. The summed E-state index contributed by atoms with van der Waals surface area (Å²) in [5.41, 5.74) is 1.51. The van der Waals surface area contributed by atoms with E-state index in [0.717, 1.165) is 16.3 Å². The van der Waals surface area contributed by atoms with Crippen LogP contribution in [-0.4, -0.2) is 31.5 Å². The number of rotatable bonds is 6. The van der Waals surface area contributed by atoms with Crippen LogP contribution in [0.5, 0.6) is 5.75 Å². The molecule has 0 unspecified atom stereocenters. The van der Waals surface area contributed by atoms with Gasteiger partial charge in [0.2, 0.25) is 0 Å². The first-order chi connectivity index (χ1) is 11.7. The Morgan fingerprint density at radius 2 is 1.64 bits per heavy atom. The molecule has 7 heteroatoms. The second-order valence-corrected chi connectivity index (χ2v) is 8.46. The van der Waals surface area contributed by atoms with Gasteiger partial charge in [0.05, 0.1) is 6.26 Å². The third kappa shape index (κ3) is 5.86. The quantitative estimate of drug-likeness (QED) is 0.659. The van der Waals surface area contributed by atoms with Crippen LogP contribution in [-0.2, 0) is 16.7 Å². The fourth-order valence-electron chi connectivity index (χ4n) is 2.27. The molecule has 0 spiro atoms. The van der Waals surface area contributed by atoms with Crippen molar-refractivity contribution < 1.29 is 17.4 Å². The lowest BCUT2D eigenvalue weighted by Gasteiger charge is -2.27. The summed E-state index contributed by atoms with van der Waals surface area (Å²) in [6.07, 6.45) is 0.998. The van der Waals surface area contributed by atoms with Crippen molar-refractivity contribution in [3.8, 4) is 5.75 Å². The third-order valence-electron chi connectivity index (χ3n) is 3.50. The lowest BCUT2D eigenvalue weighted by molar-refractivity contribution is 0.0690. The van der Waals surface area contributed by atoms with E-state index in [9.17, 15) is 13.2 Å². The summed E-state index contributed by atoms with van der Waals surface area (Å²) in [5.74, 6) is 0.195. The van der Waals surface area contributed by atoms with Crippen LogP contribution in [0.15, 0.2) is 53.0 Å². The van der Waals surface area contributed by atoms with Crippen molar-refractivity contribution in [2.45, 2.75) is 26.4 Å². The van der Waals surface area contributed by atoms with Gasteiger partial charge in [-0.25, -0.2) is 0 Å². The summed E-state index contributed by atoms with van der Waals surface area (Å²) in [6, 6.07) is 13.9. The standard InChI is InChI=1S/C18H20BrNO4S/c1-13(2)20(18(21)15-6-8-16(19)9-7-15)12-14-4-10-17(11-5-14)24-25(3,22)23/h4-11,13H,12H2,1-3H3. The molecule has 2 aromatic carbocycles. The molecular formula is C18H20BrNO4S. The van der Waals surface area contributed by atoms with E-state index < -0.39 is 10.1 Å². The predicted octanol–water partition coefficient (Wildman–Crippen LogP) is 3.84. The Bertz CT molecular complexity index is 830. The highest BCUT2D eigenvalue weighted by Gasteiger charge is 2.19. The average Bonchev–Trinajstić information content (AvgIpc) is 2.52. The first-order valence-corrected chi connectivity index (χ1v) is 10.3. The molecule has 134 valence electrons. The molecule has 0 saturated heterocycles. The maximum absolute atomic E-state index is 12.8. The summed E-state index contributed by atoms with van der Waals surface area (Å²) in [6.45, 7) is 4.33. The van der Waals surface area contributed by atoms with Crippen molar-refractivity contribution in [3.05, 3.63) is 64.1 Å². The highest BCUT2D eigenvalue weighted by atomic mass is 79.9. The van der Waals surface area contributed by atoms with E-state index in [1.165, 1.54) is 0 Å². The van der Waals surface area contributed by atoms with Crippen molar-refractivity contribution >= 4 is 32.0 Å². The Morgan fingerprint density at radius 3 is 2.12 bits per heavy atom. The highest BCUT2D eigenvalue weighted by molar-refractivity contribution is 9.10. The van der Waals surface area contributed by atoms with Gasteiger partial charge >= 0.3 is 10.1 Å². The van der Waals surface area contributed by atoms with Crippen LogP contribution >= 0.6 is 15.9 Å². The Morgan fingerprint density at radius 1 is 1.08 bits per heavy atom. The zero-order chi connectivity index (χ0) is 18.6. The SMILES string of the molecule is CC(C)N(Cc1ccc(OS(C)(=O)=O)cc1)C(=O)c1ccc(Br)cc1. The second-order valence-electron chi connectivity index (χ2n) is 5.97. The molecule has 0 radical (unpaired) electrons. The van der Waals surface area contributed by atoms with Crippen LogP contribution in [0, 0.1) is 0 Å². The van der Waals surface area contributed by atoms with E-state index in [2.05, 4.69) is 15.9 Å². The molecule has 1 amide bonds. The fourth-order valence-corrected chi connectivity index (χ4v) is 2.99. The van der Waals surface area contributed by atoms with Gasteiger partial charge in [0.1, 0.15) is 5.75 Å². The van der Waals surface area contributed by atoms with Gasteiger partial charge in [0.15, 0.2) is 0 Å². The molecule has 0 N–H and O–H groups in total. The van der Waals surface area contributed by atoms with Crippen LogP contribution in [0.3, 0.4) is 0 Å². The Kier molecular flexibility index (Phi) is 6.24. The molecule has 2 aromatic rings. The number of halogens is 1. The van der Waals surface area contributed by atoms with Gasteiger partial charge < -0.3 is 9.08 Å². The monoisotopic (exact) mass is 425 g/mol. The number of amides is 1. The van der Waals surface area contributed by atoms with Crippen molar-refractivity contribution in [3.63, 3.8) is 0 Å². The lowest BCUT2D eigenvalue weighted by Crippen LogP contribution is -2.36. The number of hydrogen-bond acceptors (Lipinski definition) is 4. The Labute approximate surface area is 156 Å². The van der Waals surface area contributed by atoms with Crippen LogP contribution in [0.2, 0.25) is 0 Å². The first kappa shape index (κ1) is 19.5. The Balaban J connectivity index is 2.16. The molecule has 0 aliphatic heterocycles. The van der Waals surface area contributed by atoms with E-state index in [1.807, 2.05) is 26.0 Å². The Hall–Kier alpha value is -1.86. The fraction of sp³-hybridized carbons (Fsp3) is 0.278. The topological polar surface area (TPSA) is 63.7 Å². The second kappa shape index (κ2) is 8.01.